The summed E-state index contributed by atoms with van der Waals surface area (Å²) in [7, 11) is 0. The molecule has 0 bridgehead atoms. The molecule has 27 heavy (non-hydrogen) atoms. The molecule has 0 atom stereocenters. The SMILES string of the molecule is CCNC(=NCc1cccc(Cn2ccnc2)c1)NCc1cccc(F)c1. The van der Waals surface area contributed by atoms with Gasteiger partial charge in [-0.3, -0.25) is 0 Å². The first-order valence-electron chi connectivity index (χ1n) is 9.03. The van der Waals surface area contributed by atoms with E-state index in [1.54, 1.807) is 12.3 Å². The Morgan fingerprint density at radius 3 is 2.67 bits per heavy atom. The molecule has 2 aromatic carbocycles. The molecule has 1 heterocycles. The highest BCUT2D eigenvalue weighted by Crippen LogP contribution is 2.09. The quantitative estimate of drug-likeness (QED) is 0.499. The van der Waals surface area contributed by atoms with Crippen molar-refractivity contribution in [2.45, 2.75) is 26.6 Å². The Kier molecular flexibility index (Phi) is 6.57. The third-order valence-corrected chi connectivity index (χ3v) is 4.03. The van der Waals surface area contributed by atoms with Crippen LogP contribution in [-0.2, 0) is 19.6 Å². The molecule has 6 heteroatoms. The van der Waals surface area contributed by atoms with Crippen molar-refractivity contribution in [2.75, 3.05) is 6.54 Å². The topological polar surface area (TPSA) is 54.2 Å². The molecule has 3 rings (SSSR count). The fourth-order valence-corrected chi connectivity index (χ4v) is 2.76. The highest BCUT2D eigenvalue weighted by molar-refractivity contribution is 5.79. The maximum absolute atomic E-state index is 13.3. The molecule has 0 aliphatic heterocycles. The van der Waals surface area contributed by atoms with Gasteiger partial charge in [0.25, 0.3) is 0 Å². The smallest absolute Gasteiger partial charge is 0.191 e. The maximum atomic E-state index is 13.3. The minimum Gasteiger partial charge on any atom is -0.357 e. The summed E-state index contributed by atoms with van der Waals surface area (Å²) in [5.74, 6) is 0.479. The van der Waals surface area contributed by atoms with E-state index in [0.717, 1.165) is 24.2 Å². The summed E-state index contributed by atoms with van der Waals surface area (Å²) in [5.41, 5.74) is 3.22. The van der Waals surface area contributed by atoms with Gasteiger partial charge in [0.2, 0.25) is 0 Å². The van der Waals surface area contributed by atoms with Crippen LogP contribution in [-0.4, -0.2) is 22.1 Å². The second-order valence-corrected chi connectivity index (χ2v) is 6.23. The van der Waals surface area contributed by atoms with E-state index in [1.165, 1.54) is 17.7 Å². The Balaban J connectivity index is 1.62. The summed E-state index contributed by atoms with van der Waals surface area (Å²) in [6.07, 6.45) is 5.54. The van der Waals surface area contributed by atoms with Gasteiger partial charge in [-0.1, -0.05) is 36.4 Å². The predicted molar refractivity (Wildman–Crippen MR) is 106 cm³/mol. The van der Waals surface area contributed by atoms with E-state index in [1.807, 2.05) is 36.1 Å². The molecule has 3 aromatic rings. The van der Waals surface area contributed by atoms with E-state index >= 15 is 0 Å². The molecular formula is C21H24FN5. The number of nitrogens with zero attached hydrogens (tertiary/aromatic N) is 3. The fraction of sp³-hybridized carbons (Fsp3) is 0.238. The van der Waals surface area contributed by atoms with E-state index in [-0.39, 0.29) is 5.82 Å². The lowest BCUT2D eigenvalue weighted by atomic mass is 10.1. The van der Waals surface area contributed by atoms with Crippen LogP contribution in [0.4, 0.5) is 4.39 Å². The summed E-state index contributed by atoms with van der Waals surface area (Å²) in [6, 6.07) is 14.9. The molecule has 5 nitrogen and oxygen atoms in total. The number of benzene rings is 2. The molecule has 0 aliphatic carbocycles. The molecule has 0 radical (unpaired) electrons. The van der Waals surface area contributed by atoms with Crippen LogP contribution in [0.2, 0.25) is 0 Å². The van der Waals surface area contributed by atoms with Crippen LogP contribution in [0, 0.1) is 5.82 Å². The van der Waals surface area contributed by atoms with Crippen molar-refractivity contribution < 1.29 is 4.39 Å². The Labute approximate surface area is 159 Å². The number of halogens is 1. The van der Waals surface area contributed by atoms with Crippen LogP contribution in [0.1, 0.15) is 23.6 Å². The lowest BCUT2D eigenvalue weighted by Crippen LogP contribution is -2.36. The average molecular weight is 365 g/mol. The summed E-state index contributed by atoms with van der Waals surface area (Å²) >= 11 is 0. The van der Waals surface area contributed by atoms with E-state index in [9.17, 15) is 4.39 Å². The van der Waals surface area contributed by atoms with E-state index in [2.05, 4.69) is 38.8 Å². The minimum absolute atomic E-state index is 0.231. The van der Waals surface area contributed by atoms with Crippen LogP contribution in [0.15, 0.2) is 72.2 Å². The van der Waals surface area contributed by atoms with Gasteiger partial charge < -0.3 is 15.2 Å². The van der Waals surface area contributed by atoms with Gasteiger partial charge in [0, 0.05) is 32.0 Å². The number of hydrogen-bond acceptors (Lipinski definition) is 2. The summed E-state index contributed by atoms with van der Waals surface area (Å²) in [4.78, 5) is 8.71. The van der Waals surface area contributed by atoms with Crippen molar-refractivity contribution >= 4 is 5.96 Å². The second kappa shape index (κ2) is 9.52. The predicted octanol–water partition coefficient (Wildman–Crippen LogP) is 3.33. The van der Waals surface area contributed by atoms with Gasteiger partial charge in [-0.15, -0.1) is 0 Å². The largest absolute Gasteiger partial charge is 0.357 e. The van der Waals surface area contributed by atoms with E-state index in [0.29, 0.717) is 19.0 Å². The van der Waals surface area contributed by atoms with Crippen molar-refractivity contribution in [1.29, 1.82) is 0 Å². The third-order valence-electron chi connectivity index (χ3n) is 4.03. The Hall–Kier alpha value is -3.15. The van der Waals surface area contributed by atoms with E-state index < -0.39 is 0 Å². The molecular weight excluding hydrogens is 341 g/mol. The van der Waals surface area contributed by atoms with Crippen molar-refractivity contribution in [3.8, 4) is 0 Å². The number of rotatable bonds is 7. The number of aliphatic imine (C=N–C) groups is 1. The first kappa shape index (κ1) is 18.6. The highest BCUT2D eigenvalue weighted by Gasteiger charge is 2.01. The molecule has 0 aliphatic rings. The van der Waals surface area contributed by atoms with Crippen LogP contribution >= 0.6 is 0 Å². The monoisotopic (exact) mass is 365 g/mol. The van der Waals surface area contributed by atoms with Crippen LogP contribution in [0.25, 0.3) is 0 Å². The van der Waals surface area contributed by atoms with Crippen molar-refractivity contribution in [1.82, 2.24) is 20.2 Å². The molecule has 0 unspecified atom stereocenters. The van der Waals surface area contributed by atoms with Crippen LogP contribution in [0.5, 0.6) is 0 Å². The van der Waals surface area contributed by atoms with Gasteiger partial charge >= 0.3 is 0 Å². The number of imidazole rings is 1. The van der Waals surface area contributed by atoms with Gasteiger partial charge in [0.05, 0.1) is 12.9 Å². The van der Waals surface area contributed by atoms with Crippen molar-refractivity contribution in [3.63, 3.8) is 0 Å². The summed E-state index contributed by atoms with van der Waals surface area (Å²) < 4.78 is 15.3. The fourth-order valence-electron chi connectivity index (χ4n) is 2.76. The first-order chi connectivity index (χ1) is 13.2. The average Bonchev–Trinajstić information content (AvgIpc) is 3.17. The number of aromatic nitrogens is 2. The van der Waals surface area contributed by atoms with Gasteiger partial charge in [0.1, 0.15) is 5.82 Å². The van der Waals surface area contributed by atoms with Crippen molar-refractivity contribution in [2.24, 2.45) is 4.99 Å². The van der Waals surface area contributed by atoms with Gasteiger partial charge in [-0.05, 0) is 35.7 Å². The molecule has 1 aromatic heterocycles. The zero-order valence-electron chi connectivity index (χ0n) is 15.4. The van der Waals surface area contributed by atoms with Crippen molar-refractivity contribution in [3.05, 3.63) is 89.8 Å². The molecule has 0 fully saturated rings. The summed E-state index contributed by atoms with van der Waals surface area (Å²) in [6.45, 7) is 4.65. The zero-order chi connectivity index (χ0) is 18.9. The minimum atomic E-state index is -0.231. The van der Waals surface area contributed by atoms with E-state index in [4.69, 9.17) is 0 Å². The summed E-state index contributed by atoms with van der Waals surface area (Å²) in [5, 5.41) is 6.47. The van der Waals surface area contributed by atoms with Crippen LogP contribution in [0.3, 0.4) is 0 Å². The normalized spacial score (nSPS) is 11.4. The number of guanidine groups is 1. The number of nitrogens with one attached hydrogen (secondary N) is 2. The van der Waals surface area contributed by atoms with Gasteiger partial charge in [-0.25, -0.2) is 14.4 Å². The third kappa shape index (κ3) is 5.95. The Bertz CT molecular complexity index is 874. The lowest BCUT2D eigenvalue weighted by molar-refractivity contribution is 0.624. The number of hydrogen-bond donors (Lipinski definition) is 2. The molecule has 0 spiro atoms. The standard InChI is InChI=1S/C21H24FN5/c1-2-24-21(26-14-18-6-4-8-20(22)12-18)25-13-17-5-3-7-19(11-17)15-27-10-9-23-16-27/h3-12,16H,2,13-15H2,1H3,(H2,24,25,26). The zero-order valence-corrected chi connectivity index (χ0v) is 15.4. The first-order valence-corrected chi connectivity index (χ1v) is 9.03. The van der Waals surface area contributed by atoms with Gasteiger partial charge in [-0.2, -0.15) is 0 Å². The molecule has 0 amide bonds. The molecule has 0 saturated heterocycles. The second-order valence-electron chi connectivity index (χ2n) is 6.23. The Morgan fingerprint density at radius 1 is 1.07 bits per heavy atom. The molecule has 2 N–H and O–H groups in total. The Morgan fingerprint density at radius 2 is 1.89 bits per heavy atom. The highest BCUT2D eigenvalue weighted by atomic mass is 19.1. The van der Waals surface area contributed by atoms with Gasteiger partial charge in [0.15, 0.2) is 5.96 Å². The lowest BCUT2D eigenvalue weighted by Gasteiger charge is -2.12. The molecule has 0 saturated carbocycles. The maximum Gasteiger partial charge on any atom is 0.191 e. The molecule has 140 valence electrons. The van der Waals surface area contributed by atoms with Crippen LogP contribution < -0.4 is 10.6 Å².